The Morgan fingerprint density at radius 3 is 2.71 bits per heavy atom. The monoisotopic (exact) mass is 305 g/mol. The zero-order valence-corrected chi connectivity index (χ0v) is 11.8. The highest BCUT2D eigenvalue weighted by atomic mass is 35.5. The van der Waals surface area contributed by atoms with E-state index in [1.54, 1.807) is 18.2 Å². The lowest BCUT2D eigenvalue weighted by molar-refractivity contribution is 0.103. The van der Waals surface area contributed by atoms with E-state index in [2.05, 4.69) is 4.98 Å². The van der Waals surface area contributed by atoms with Crippen LogP contribution in [0, 0.1) is 18.6 Å². The number of H-pyrrole nitrogens is 1. The molecule has 0 aliphatic carbocycles. The normalized spacial score (nSPS) is 11.0. The molecule has 5 heteroatoms. The molecule has 2 nitrogen and oxygen atoms in total. The lowest BCUT2D eigenvalue weighted by Crippen LogP contribution is -2.08. The number of aromatic nitrogens is 1. The first kappa shape index (κ1) is 13.8. The fraction of sp³-hybridized carbons (Fsp3) is 0.0625. The van der Waals surface area contributed by atoms with Gasteiger partial charge in [0.1, 0.15) is 11.6 Å². The maximum atomic E-state index is 14.1. The van der Waals surface area contributed by atoms with Gasteiger partial charge < -0.3 is 4.98 Å². The summed E-state index contributed by atoms with van der Waals surface area (Å²) in [5, 5.41) is 0.815. The zero-order chi connectivity index (χ0) is 15.1. The fourth-order valence-corrected chi connectivity index (χ4v) is 2.60. The Labute approximate surface area is 124 Å². The van der Waals surface area contributed by atoms with Gasteiger partial charge >= 0.3 is 0 Å². The van der Waals surface area contributed by atoms with Gasteiger partial charge in [0.05, 0.1) is 10.6 Å². The molecule has 0 amide bonds. The third kappa shape index (κ3) is 2.12. The lowest BCUT2D eigenvalue weighted by Gasteiger charge is -2.06. The van der Waals surface area contributed by atoms with Crippen molar-refractivity contribution in [1.82, 2.24) is 4.98 Å². The van der Waals surface area contributed by atoms with Gasteiger partial charge in [-0.25, -0.2) is 8.78 Å². The Morgan fingerprint density at radius 2 is 1.95 bits per heavy atom. The van der Waals surface area contributed by atoms with E-state index in [0.29, 0.717) is 15.9 Å². The van der Waals surface area contributed by atoms with Crippen LogP contribution in [0.2, 0.25) is 5.02 Å². The van der Waals surface area contributed by atoms with Gasteiger partial charge in [0.25, 0.3) is 0 Å². The molecule has 0 fully saturated rings. The lowest BCUT2D eigenvalue weighted by atomic mass is 9.99. The summed E-state index contributed by atoms with van der Waals surface area (Å²) in [4.78, 5) is 15.4. The summed E-state index contributed by atoms with van der Waals surface area (Å²) < 4.78 is 28.0. The number of carbonyl (C=O) groups excluding carboxylic acids is 1. The number of halogens is 3. The Hall–Kier alpha value is -2.20. The van der Waals surface area contributed by atoms with E-state index >= 15 is 0 Å². The Morgan fingerprint density at radius 1 is 1.19 bits per heavy atom. The molecule has 0 bridgehead atoms. The number of aryl methyl sites for hydroxylation is 1. The van der Waals surface area contributed by atoms with Crippen molar-refractivity contribution in [3.8, 4) is 0 Å². The molecule has 3 aromatic rings. The van der Waals surface area contributed by atoms with E-state index in [1.807, 2.05) is 0 Å². The molecule has 0 unspecified atom stereocenters. The molecule has 0 spiro atoms. The second-order valence-corrected chi connectivity index (χ2v) is 5.15. The highest BCUT2D eigenvalue weighted by molar-refractivity contribution is 6.37. The molecule has 0 radical (unpaired) electrons. The predicted molar refractivity (Wildman–Crippen MR) is 77.8 cm³/mol. The van der Waals surface area contributed by atoms with Gasteiger partial charge in [-0.05, 0) is 30.7 Å². The molecule has 0 saturated carbocycles. The van der Waals surface area contributed by atoms with Crippen molar-refractivity contribution in [1.29, 1.82) is 0 Å². The molecule has 1 N–H and O–H groups in total. The van der Waals surface area contributed by atoms with Crippen LogP contribution in [0.5, 0.6) is 0 Å². The van der Waals surface area contributed by atoms with Crippen LogP contribution in [0.25, 0.3) is 10.9 Å². The number of hydrogen-bond donors (Lipinski definition) is 1. The Kier molecular flexibility index (Phi) is 3.26. The minimum atomic E-state index is -0.885. The number of aromatic amines is 1. The molecule has 0 aliphatic rings. The Balaban J connectivity index is 2.25. The second kappa shape index (κ2) is 4.97. The summed E-state index contributed by atoms with van der Waals surface area (Å²) in [5.74, 6) is -2.46. The molecule has 3 rings (SSSR count). The van der Waals surface area contributed by atoms with Gasteiger partial charge in [-0.2, -0.15) is 0 Å². The van der Waals surface area contributed by atoms with Crippen LogP contribution < -0.4 is 0 Å². The van der Waals surface area contributed by atoms with Gasteiger partial charge in [0.2, 0.25) is 5.78 Å². The zero-order valence-electron chi connectivity index (χ0n) is 11.0. The van der Waals surface area contributed by atoms with Crippen LogP contribution in [0.15, 0.2) is 36.5 Å². The van der Waals surface area contributed by atoms with Gasteiger partial charge in [0.15, 0.2) is 0 Å². The molecule has 0 saturated heterocycles. The highest BCUT2D eigenvalue weighted by Crippen LogP contribution is 2.29. The molecule has 1 aromatic heterocycles. The fourth-order valence-electron chi connectivity index (χ4n) is 2.32. The first-order valence-electron chi connectivity index (χ1n) is 6.25. The average Bonchev–Trinajstić information content (AvgIpc) is 2.88. The maximum Gasteiger partial charge on any atom is 0.201 e. The molecule has 2 aromatic carbocycles. The highest BCUT2D eigenvalue weighted by Gasteiger charge is 2.23. The molecule has 0 atom stereocenters. The number of nitrogens with one attached hydrogen (secondary N) is 1. The van der Waals surface area contributed by atoms with E-state index in [1.165, 1.54) is 19.2 Å². The maximum absolute atomic E-state index is 14.1. The van der Waals surface area contributed by atoms with Gasteiger partial charge in [-0.3, -0.25) is 4.79 Å². The number of hydrogen-bond acceptors (Lipinski definition) is 1. The van der Waals surface area contributed by atoms with E-state index in [0.717, 1.165) is 6.07 Å². The number of carbonyl (C=O) groups is 1. The number of fused-ring (bicyclic) bond motifs is 1. The first-order chi connectivity index (χ1) is 10.0. The summed E-state index contributed by atoms with van der Waals surface area (Å²) in [6.07, 6.45) is 1.42. The van der Waals surface area contributed by atoms with Crippen molar-refractivity contribution in [3.63, 3.8) is 0 Å². The van der Waals surface area contributed by atoms with Crippen LogP contribution in [0.4, 0.5) is 8.78 Å². The smallest absolute Gasteiger partial charge is 0.201 e. The van der Waals surface area contributed by atoms with E-state index < -0.39 is 23.0 Å². The van der Waals surface area contributed by atoms with Crippen molar-refractivity contribution in [2.45, 2.75) is 6.92 Å². The quantitative estimate of drug-likeness (QED) is 0.687. The summed E-state index contributed by atoms with van der Waals surface area (Å²) in [5.41, 5.74) is 0.444. The van der Waals surface area contributed by atoms with Gasteiger partial charge in [-0.1, -0.05) is 23.7 Å². The van der Waals surface area contributed by atoms with Gasteiger partial charge in [-0.15, -0.1) is 0 Å². The van der Waals surface area contributed by atoms with Crippen molar-refractivity contribution in [2.75, 3.05) is 0 Å². The average molecular weight is 306 g/mol. The van der Waals surface area contributed by atoms with E-state index in [9.17, 15) is 13.6 Å². The molecule has 21 heavy (non-hydrogen) atoms. The van der Waals surface area contributed by atoms with Crippen LogP contribution in [-0.2, 0) is 0 Å². The molecular formula is C16H10ClF2NO. The molecule has 0 aliphatic heterocycles. The second-order valence-electron chi connectivity index (χ2n) is 4.75. The van der Waals surface area contributed by atoms with Crippen molar-refractivity contribution in [2.24, 2.45) is 0 Å². The van der Waals surface area contributed by atoms with E-state index in [-0.39, 0.29) is 11.1 Å². The minimum absolute atomic E-state index is 0.152. The van der Waals surface area contributed by atoms with Crippen LogP contribution in [-0.4, -0.2) is 10.8 Å². The number of rotatable bonds is 2. The Bertz CT molecular complexity index is 870. The first-order valence-corrected chi connectivity index (χ1v) is 6.63. The minimum Gasteiger partial charge on any atom is -0.360 e. The summed E-state index contributed by atoms with van der Waals surface area (Å²) >= 11 is 6.09. The summed E-state index contributed by atoms with van der Waals surface area (Å²) in [6.45, 7) is 1.48. The van der Waals surface area contributed by atoms with Gasteiger partial charge in [0, 0.05) is 22.7 Å². The van der Waals surface area contributed by atoms with Crippen LogP contribution in [0.3, 0.4) is 0 Å². The van der Waals surface area contributed by atoms with Crippen LogP contribution in [0.1, 0.15) is 21.5 Å². The summed E-state index contributed by atoms with van der Waals surface area (Å²) in [6, 6.07) is 7.47. The standard InChI is InChI=1S/C16H10ClF2NO/c1-8-5-6-11(18)14(15(8)19)16(21)9-7-20-12-4-2-3-10(17)13(9)12/h2-7,20H,1H3. The van der Waals surface area contributed by atoms with E-state index in [4.69, 9.17) is 11.6 Å². The summed E-state index contributed by atoms with van der Waals surface area (Å²) in [7, 11) is 0. The topological polar surface area (TPSA) is 32.9 Å². The number of ketones is 1. The van der Waals surface area contributed by atoms with Crippen LogP contribution >= 0.6 is 11.6 Å². The van der Waals surface area contributed by atoms with Crippen molar-refractivity contribution < 1.29 is 13.6 Å². The molecular weight excluding hydrogens is 296 g/mol. The van der Waals surface area contributed by atoms with Crippen molar-refractivity contribution in [3.05, 3.63) is 69.9 Å². The largest absolute Gasteiger partial charge is 0.360 e. The third-order valence-electron chi connectivity index (χ3n) is 3.41. The SMILES string of the molecule is Cc1ccc(F)c(C(=O)c2c[nH]c3cccc(Cl)c23)c1F. The number of benzene rings is 2. The third-order valence-corrected chi connectivity index (χ3v) is 3.73. The molecule has 1 heterocycles. The van der Waals surface area contributed by atoms with Crippen molar-refractivity contribution >= 4 is 28.3 Å². The molecule has 106 valence electrons. The predicted octanol–water partition coefficient (Wildman–Crippen LogP) is 4.64.